The van der Waals surface area contributed by atoms with E-state index in [-0.39, 0.29) is 42.4 Å². The van der Waals surface area contributed by atoms with Gasteiger partial charge in [0.15, 0.2) is 5.76 Å². The van der Waals surface area contributed by atoms with Gasteiger partial charge in [-0.2, -0.15) is 0 Å². The number of allylic oxidation sites excluding steroid dienone is 3. The molecule has 2 unspecified atom stereocenters. The lowest BCUT2D eigenvalue weighted by molar-refractivity contribution is -0.154. The van der Waals surface area contributed by atoms with Crippen LogP contribution in [0.4, 0.5) is 13.2 Å². The summed E-state index contributed by atoms with van der Waals surface area (Å²) in [7, 11) is 0. The van der Waals surface area contributed by atoms with E-state index < -0.39 is 65.9 Å². The number of likely N-dealkylation sites (N-methyl/N-ethyl adjacent to an activating group) is 1. The highest BCUT2D eigenvalue weighted by Gasteiger charge is 2.55. The van der Waals surface area contributed by atoms with Crippen LogP contribution >= 0.6 is 11.6 Å². The van der Waals surface area contributed by atoms with Gasteiger partial charge in [0.1, 0.15) is 17.4 Å². The highest BCUT2D eigenvalue weighted by molar-refractivity contribution is 6.29. The number of fused-ring (bicyclic) bond motifs is 3. The van der Waals surface area contributed by atoms with Crippen LogP contribution in [0.3, 0.4) is 0 Å². The van der Waals surface area contributed by atoms with Crippen LogP contribution in [0.15, 0.2) is 34.0 Å². The third-order valence-electron chi connectivity index (χ3n) is 6.51. The number of carbonyl (C=O) groups is 3. The average molecular weight is 490 g/mol. The summed E-state index contributed by atoms with van der Waals surface area (Å²) in [5, 5.41) is 12.9. The molecule has 1 saturated carbocycles. The van der Waals surface area contributed by atoms with Gasteiger partial charge in [-0.25, -0.2) is 13.2 Å². The third-order valence-corrected chi connectivity index (χ3v) is 6.67. The Morgan fingerprint density at radius 1 is 1.33 bits per heavy atom. The Morgan fingerprint density at radius 3 is 2.58 bits per heavy atom. The lowest BCUT2D eigenvalue weighted by Gasteiger charge is -2.53. The lowest BCUT2D eigenvalue weighted by atomic mass is 9.80. The molecule has 2 amide bonds. The van der Waals surface area contributed by atoms with Crippen molar-refractivity contribution in [1.29, 1.82) is 0 Å². The molecular formula is C22H27ClF3N3O4. The minimum absolute atomic E-state index is 0.0362. The van der Waals surface area contributed by atoms with E-state index in [1.165, 1.54) is 22.8 Å². The number of nitrogens with zero attached hydrogens (tertiary/aromatic N) is 2. The normalized spacial score (nSPS) is 28.3. The number of rotatable bonds is 5. The fraction of sp³-hybridized carbons (Fsp3) is 0.591. The first-order chi connectivity index (χ1) is 15.4. The van der Waals surface area contributed by atoms with Crippen molar-refractivity contribution in [2.75, 3.05) is 19.6 Å². The Balaban J connectivity index is 1.87. The third kappa shape index (κ3) is 4.62. The van der Waals surface area contributed by atoms with Gasteiger partial charge in [-0.15, -0.1) is 0 Å². The molecule has 0 aromatic heterocycles. The fourth-order valence-electron chi connectivity index (χ4n) is 4.79. The summed E-state index contributed by atoms with van der Waals surface area (Å²) in [5.41, 5.74) is -0.140. The van der Waals surface area contributed by atoms with Crippen molar-refractivity contribution in [2.24, 2.45) is 5.92 Å². The molecule has 1 saturated heterocycles. The van der Waals surface area contributed by atoms with Gasteiger partial charge in [0.25, 0.3) is 5.91 Å². The molecule has 0 aromatic rings. The summed E-state index contributed by atoms with van der Waals surface area (Å²) in [4.78, 5) is 41.2. The molecule has 2 N–H and O–H groups in total. The average Bonchev–Trinajstić information content (AvgIpc) is 2.75. The van der Waals surface area contributed by atoms with E-state index in [0.717, 1.165) is 0 Å². The number of aliphatic hydroxyl groups is 1. The van der Waals surface area contributed by atoms with Crippen LogP contribution in [0.25, 0.3) is 0 Å². The zero-order valence-corrected chi connectivity index (χ0v) is 19.4. The van der Waals surface area contributed by atoms with E-state index in [1.54, 1.807) is 13.8 Å². The van der Waals surface area contributed by atoms with Crippen molar-refractivity contribution in [2.45, 2.75) is 58.0 Å². The molecule has 2 fully saturated rings. The van der Waals surface area contributed by atoms with Crippen LogP contribution in [-0.4, -0.2) is 70.1 Å². The number of hydrogen-bond donors (Lipinski definition) is 2. The Bertz CT molecular complexity index is 959. The number of carbonyl (C=O) groups excluding carboxylic acids is 3. The highest BCUT2D eigenvalue weighted by Crippen LogP contribution is 2.43. The number of halogens is 4. The Hall–Kier alpha value is -2.49. The topological polar surface area (TPSA) is 90.0 Å². The van der Waals surface area contributed by atoms with Gasteiger partial charge in [0.2, 0.25) is 17.6 Å². The van der Waals surface area contributed by atoms with E-state index in [0.29, 0.717) is 0 Å². The molecular weight excluding hydrogens is 463 g/mol. The van der Waals surface area contributed by atoms with Crippen LogP contribution in [0, 0.1) is 5.92 Å². The molecule has 1 aliphatic carbocycles. The zero-order chi connectivity index (χ0) is 24.7. The number of hydrogen-bond acceptors (Lipinski definition) is 5. The summed E-state index contributed by atoms with van der Waals surface area (Å²) in [6, 6.07) is -1.37. The zero-order valence-electron chi connectivity index (χ0n) is 18.6. The smallest absolute Gasteiger partial charge is 0.274 e. The summed E-state index contributed by atoms with van der Waals surface area (Å²) >= 11 is 5.67. The first kappa shape index (κ1) is 25.1. The van der Waals surface area contributed by atoms with Crippen molar-refractivity contribution in [3.8, 4) is 0 Å². The summed E-state index contributed by atoms with van der Waals surface area (Å²) in [6.07, 6.45) is 0.535. The number of ketones is 1. The van der Waals surface area contributed by atoms with Crippen molar-refractivity contribution in [3.63, 3.8) is 0 Å². The van der Waals surface area contributed by atoms with Crippen LogP contribution in [0.5, 0.6) is 0 Å². The second-order valence-corrected chi connectivity index (χ2v) is 9.04. The molecule has 3 aliphatic rings. The SMILES string of the molecule is C/C=C(CNC(=O)C1CN2C(=C(O)C1=O)C(=O)N(CC)C1CC(F)(F)CC[C@@H]12)\C(F)=C(/C)Cl. The molecule has 0 aromatic carbocycles. The van der Waals surface area contributed by atoms with Gasteiger partial charge in [-0.05, 0) is 27.2 Å². The van der Waals surface area contributed by atoms with Gasteiger partial charge < -0.3 is 20.2 Å². The van der Waals surface area contributed by atoms with Crippen molar-refractivity contribution >= 4 is 29.2 Å². The van der Waals surface area contributed by atoms with E-state index in [2.05, 4.69) is 5.32 Å². The fourth-order valence-corrected chi connectivity index (χ4v) is 4.91. The van der Waals surface area contributed by atoms with E-state index >= 15 is 0 Å². The predicted molar refractivity (Wildman–Crippen MR) is 115 cm³/mol. The lowest BCUT2D eigenvalue weighted by Crippen LogP contribution is -2.66. The molecule has 2 heterocycles. The van der Waals surface area contributed by atoms with Gasteiger partial charge in [-0.1, -0.05) is 17.7 Å². The molecule has 33 heavy (non-hydrogen) atoms. The van der Waals surface area contributed by atoms with Crippen molar-refractivity contribution < 1.29 is 32.7 Å². The number of amides is 2. The standard InChI is InChI=1S/C22H27ClF3N3O4/c1-4-12(16(24)11(3)23)9-27-20(32)13-10-29-14-6-7-22(25,26)8-15(14)28(5-2)21(33)17(29)19(31)18(13)30/h4,13-15,31H,5-10H2,1-3H3,(H,27,32)/b12-4-,16-11-/t13?,14-,15?/m0/s1. The first-order valence-corrected chi connectivity index (χ1v) is 11.2. The first-order valence-electron chi connectivity index (χ1n) is 10.8. The molecule has 0 bridgehead atoms. The Morgan fingerprint density at radius 2 is 2.00 bits per heavy atom. The minimum Gasteiger partial charge on any atom is -0.503 e. The van der Waals surface area contributed by atoms with Crippen molar-refractivity contribution in [1.82, 2.24) is 15.1 Å². The Kier molecular flexibility index (Phi) is 7.16. The quantitative estimate of drug-likeness (QED) is 0.457. The maximum absolute atomic E-state index is 14.1. The van der Waals surface area contributed by atoms with Gasteiger partial charge >= 0.3 is 0 Å². The molecule has 3 atom stereocenters. The number of nitrogens with one attached hydrogen (secondary N) is 1. The summed E-state index contributed by atoms with van der Waals surface area (Å²) < 4.78 is 42.4. The molecule has 3 rings (SSSR count). The highest BCUT2D eigenvalue weighted by atomic mass is 35.5. The van der Waals surface area contributed by atoms with E-state index in [1.807, 2.05) is 0 Å². The molecule has 182 valence electrons. The number of Topliss-reactive ketones (excluding diaryl/α,β-unsaturated/α-hetero) is 1. The molecule has 0 radical (unpaired) electrons. The van der Waals surface area contributed by atoms with Crippen LogP contribution < -0.4 is 5.32 Å². The second-order valence-electron chi connectivity index (χ2n) is 8.47. The van der Waals surface area contributed by atoms with Crippen LogP contribution in [0.2, 0.25) is 0 Å². The Labute approximate surface area is 194 Å². The molecule has 11 heteroatoms. The second kappa shape index (κ2) is 9.40. The van der Waals surface area contributed by atoms with E-state index in [9.17, 15) is 32.7 Å². The number of aliphatic hydroxyl groups excluding tert-OH is 1. The molecule has 0 spiro atoms. The maximum Gasteiger partial charge on any atom is 0.274 e. The largest absolute Gasteiger partial charge is 0.503 e. The number of piperazine rings is 1. The molecule has 7 nitrogen and oxygen atoms in total. The number of alkyl halides is 2. The van der Waals surface area contributed by atoms with Crippen LogP contribution in [0.1, 0.15) is 40.0 Å². The maximum atomic E-state index is 14.1. The predicted octanol–water partition coefficient (Wildman–Crippen LogP) is 3.18. The van der Waals surface area contributed by atoms with Crippen LogP contribution in [-0.2, 0) is 14.4 Å². The van der Waals surface area contributed by atoms with E-state index in [4.69, 9.17) is 11.6 Å². The van der Waals surface area contributed by atoms with Gasteiger partial charge in [-0.3, -0.25) is 14.4 Å². The summed E-state index contributed by atoms with van der Waals surface area (Å²) in [5.74, 6) is -8.27. The minimum atomic E-state index is -2.93. The van der Waals surface area contributed by atoms with Crippen molar-refractivity contribution in [3.05, 3.63) is 34.0 Å². The molecule has 2 aliphatic heterocycles. The van der Waals surface area contributed by atoms with Gasteiger partial charge in [0, 0.05) is 38.0 Å². The van der Waals surface area contributed by atoms with Gasteiger partial charge in [0.05, 0.1) is 17.1 Å². The summed E-state index contributed by atoms with van der Waals surface area (Å²) in [6.45, 7) is 4.22. The monoisotopic (exact) mass is 489 g/mol.